The maximum absolute atomic E-state index is 12.9. The van der Waals surface area contributed by atoms with Crippen LogP contribution in [0.3, 0.4) is 0 Å². The second-order valence-electron chi connectivity index (χ2n) is 4.85. The molecule has 0 saturated heterocycles. The number of nitrogens with zero attached hydrogens (tertiary/aromatic N) is 1. The van der Waals surface area contributed by atoms with E-state index >= 15 is 0 Å². The number of hydrogen-bond donors (Lipinski definition) is 2. The van der Waals surface area contributed by atoms with Crippen LogP contribution in [0.4, 0.5) is 18.9 Å². The van der Waals surface area contributed by atoms with E-state index in [1.807, 2.05) is 4.72 Å². The van der Waals surface area contributed by atoms with E-state index in [-0.39, 0.29) is 10.5 Å². The highest BCUT2D eigenvalue weighted by molar-refractivity contribution is 7.92. The predicted octanol–water partition coefficient (Wildman–Crippen LogP) is 3.08. The number of nitrogens with one attached hydrogen (secondary N) is 1. The van der Waals surface area contributed by atoms with Gasteiger partial charge in [0.2, 0.25) is 0 Å². The molecule has 0 amide bonds. The van der Waals surface area contributed by atoms with Crippen molar-refractivity contribution in [2.24, 2.45) is 0 Å². The molecule has 0 heterocycles. The number of carboxylic acids is 1. The fourth-order valence-electron chi connectivity index (χ4n) is 1.92. The van der Waals surface area contributed by atoms with Crippen LogP contribution in [-0.2, 0) is 16.2 Å². The Morgan fingerprint density at radius 1 is 1.16 bits per heavy atom. The van der Waals surface area contributed by atoms with Crippen LogP contribution in [0, 0.1) is 11.3 Å². The summed E-state index contributed by atoms with van der Waals surface area (Å²) >= 11 is 0. The molecule has 2 aromatic carbocycles. The summed E-state index contributed by atoms with van der Waals surface area (Å²) in [4.78, 5) is 10.6. The van der Waals surface area contributed by atoms with Gasteiger partial charge in [0, 0.05) is 0 Å². The molecular weight excluding hydrogens is 361 g/mol. The van der Waals surface area contributed by atoms with E-state index in [1.54, 1.807) is 6.07 Å². The van der Waals surface area contributed by atoms with E-state index in [9.17, 15) is 26.4 Å². The Bertz CT molecular complexity index is 979. The SMILES string of the molecule is N#Cc1cccc(S(=O)(=O)Nc2cc(C(=O)O)cc(C(F)(F)F)c2)c1. The third-order valence-corrected chi connectivity index (χ3v) is 4.41. The van der Waals surface area contributed by atoms with Gasteiger partial charge >= 0.3 is 12.1 Å². The number of nitriles is 1. The van der Waals surface area contributed by atoms with Crippen molar-refractivity contribution in [3.05, 3.63) is 59.2 Å². The zero-order valence-electron chi connectivity index (χ0n) is 12.2. The third kappa shape index (κ3) is 4.27. The molecule has 25 heavy (non-hydrogen) atoms. The van der Waals surface area contributed by atoms with E-state index in [4.69, 9.17) is 10.4 Å². The molecule has 2 rings (SSSR count). The topological polar surface area (TPSA) is 107 Å². The van der Waals surface area contributed by atoms with Crippen LogP contribution in [0.25, 0.3) is 0 Å². The van der Waals surface area contributed by atoms with E-state index < -0.39 is 39.0 Å². The molecule has 2 aromatic rings. The fraction of sp³-hybridized carbons (Fsp3) is 0.0667. The number of sulfonamides is 1. The summed E-state index contributed by atoms with van der Waals surface area (Å²) < 4.78 is 65.0. The van der Waals surface area contributed by atoms with E-state index in [2.05, 4.69) is 0 Å². The van der Waals surface area contributed by atoms with Crippen molar-refractivity contribution in [2.45, 2.75) is 11.1 Å². The first kappa shape index (κ1) is 18.3. The number of carbonyl (C=O) groups is 1. The van der Waals surface area contributed by atoms with Gasteiger partial charge in [-0.25, -0.2) is 13.2 Å². The average Bonchev–Trinajstić information content (AvgIpc) is 2.53. The highest BCUT2D eigenvalue weighted by atomic mass is 32.2. The minimum absolute atomic E-state index is 0.0399. The van der Waals surface area contributed by atoms with Crippen molar-refractivity contribution < 1.29 is 31.5 Å². The Morgan fingerprint density at radius 3 is 2.40 bits per heavy atom. The molecule has 0 fully saturated rings. The van der Waals surface area contributed by atoms with E-state index in [1.165, 1.54) is 12.1 Å². The van der Waals surface area contributed by atoms with Crippen LogP contribution in [0.2, 0.25) is 0 Å². The van der Waals surface area contributed by atoms with Gasteiger partial charge in [0.05, 0.1) is 33.3 Å². The van der Waals surface area contributed by atoms with Gasteiger partial charge in [-0.05, 0) is 36.4 Å². The second-order valence-corrected chi connectivity index (χ2v) is 6.53. The number of carboxylic acid groups (broad SMARTS) is 1. The Labute approximate surface area is 140 Å². The average molecular weight is 370 g/mol. The predicted molar refractivity (Wildman–Crippen MR) is 80.4 cm³/mol. The first-order chi connectivity index (χ1) is 11.5. The first-order valence-electron chi connectivity index (χ1n) is 6.51. The van der Waals surface area contributed by atoms with Gasteiger partial charge in [-0.15, -0.1) is 0 Å². The Kier molecular flexibility index (Phi) is 4.71. The van der Waals surface area contributed by atoms with E-state index in [0.717, 1.165) is 18.2 Å². The number of benzene rings is 2. The van der Waals surface area contributed by atoms with Crippen molar-refractivity contribution in [1.82, 2.24) is 0 Å². The molecule has 0 saturated carbocycles. The molecule has 0 bridgehead atoms. The van der Waals surface area contributed by atoms with Crippen LogP contribution in [0.1, 0.15) is 21.5 Å². The summed E-state index contributed by atoms with van der Waals surface area (Å²) in [7, 11) is -4.31. The van der Waals surface area contributed by atoms with Gasteiger partial charge in [0.25, 0.3) is 10.0 Å². The number of halogens is 3. The van der Waals surface area contributed by atoms with Crippen molar-refractivity contribution in [3.8, 4) is 6.07 Å². The van der Waals surface area contributed by atoms with Crippen LogP contribution in [0.5, 0.6) is 0 Å². The minimum atomic E-state index is -4.85. The molecule has 0 unspecified atom stereocenters. The molecule has 0 radical (unpaired) electrons. The maximum Gasteiger partial charge on any atom is 0.416 e. The molecule has 10 heteroatoms. The molecule has 6 nitrogen and oxygen atoms in total. The molecular formula is C15H9F3N2O4S. The number of hydrogen-bond acceptors (Lipinski definition) is 4. The standard InChI is InChI=1S/C15H9F3N2O4S/c16-15(17,18)11-5-10(14(21)22)6-12(7-11)20-25(23,24)13-3-1-2-9(4-13)8-19/h1-7,20H,(H,21,22). The molecule has 0 aromatic heterocycles. The number of aromatic carboxylic acids is 1. The number of anilines is 1. The molecule has 0 atom stereocenters. The summed E-state index contributed by atoms with van der Waals surface area (Å²) in [5.41, 5.74) is -2.55. The Morgan fingerprint density at radius 2 is 1.84 bits per heavy atom. The normalized spacial score (nSPS) is 11.6. The van der Waals surface area contributed by atoms with Crippen LogP contribution in [0.15, 0.2) is 47.4 Å². The molecule has 0 aliphatic rings. The lowest BCUT2D eigenvalue weighted by atomic mass is 10.1. The number of alkyl halides is 3. The van der Waals surface area contributed by atoms with Crippen LogP contribution in [-0.4, -0.2) is 19.5 Å². The summed E-state index contributed by atoms with van der Waals surface area (Å²) in [6.07, 6.45) is -4.85. The highest BCUT2D eigenvalue weighted by Crippen LogP contribution is 2.32. The monoisotopic (exact) mass is 370 g/mol. The lowest BCUT2D eigenvalue weighted by Gasteiger charge is -2.13. The Hall–Kier alpha value is -3.06. The number of rotatable bonds is 4. The quantitative estimate of drug-likeness (QED) is 0.860. The lowest BCUT2D eigenvalue weighted by molar-refractivity contribution is -0.137. The highest BCUT2D eigenvalue weighted by Gasteiger charge is 2.32. The molecule has 130 valence electrons. The fourth-order valence-corrected chi connectivity index (χ4v) is 3.01. The summed E-state index contributed by atoms with van der Waals surface area (Å²) in [5.74, 6) is -1.64. The van der Waals surface area contributed by atoms with Gasteiger partial charge in [-0.1, -0.05) is 6.07 Å². The largest absolute Gasteiger partial charge is 0.478 e. The zero-order valence-corrected chi connectivity index (χ0v) is 13.0. The van der Waals surface area contributed by atoms with Crippen molar-refractivity contribution in [3.63, 3.8) is 0 Å². The van der Waals surface area contributed by atoms with Crippen LogP contribution >= 0.6 is 0 Å². The minimum Gasteiger partial charge on any atom is -0.478 e. The van der Waals surface area contributed by atoms with Gasteiger partial charge < -0.3 is 5.11 Å². The summed E-state index contributed by atoms with van der Waals surface area (Å²) in [6, 6.07) is 8.22. The Balaban J connectivity index is 2.50. The summed E-state index contributed by atoms with van der Waals surface area (Å²) in [5, 5.41) is 17.7. The smallest absolute Gasteiger partial charge is 0.416 e. The maximum atomic E-state index is 12.9. The van der Waals surface area contributed by atoms with Gasteiger partial charge in [-0.3, -0.25) is 4.72 Å². The second kappa shape index (κ2) is 6.45. The van der Waals surface area contributed by atoms with Crippen LogP contribution < -0.4 is 4.72 Å². The van der Waals surface area contributed by atoms with Gasteiger partial charge in [-0.2, -0.15) is 18.4 Å². The molecule has 0 aliphatic heterocycles. The lowest BCUT2D eigenvalue weighted by Crippen LogP contribution is -2.15. The van der Waals surface area contributed by atoms with Crippen molar-refractivity contribution in [1.29, 1.82) is 5.26 Å². The third-order valence-electron chi connectivity index (χ3n) is 3.03. The first-order valence-corrected chi connectivity index (χ1v) is 8.00. The van der Waals surface area contributed by atoms with Crippen molar-refractivity contribution in [2.75, 3.05) is 4.72 Å². The molecule has 2 N–H and O–H groups in total. The molecule has 0 spiro atoms. The zero-order chi connectivity index (χ0) is 18.8. The van der Waals surface area contributed by atoms with Gasteiger partial charge in [0.1, 0.15) is 0 Å². The summed E-state index contributed by atoms with van der Waals surface area (Å²) in [6.45, 7) is 0. The van der Waals surface area contributed by atoms with Crippen molar-refractivity contribution >= 4 is 21.7 Å². The molecule has 0 aliphatic carbocycles. The van der Waals surface area contributed by atoms with E-state index in [0.29, 0.717) is 12.1 Å². The van der Waals surface area contributed by atoms with Gasteiger partial charge in [0.15, 0.2) is 0 Å².